The van der Waals surface area contributed by atoms with Crippen LogP contribution >= 0.6 is 0 Å². The van der Waals surface area contributed by atoms with Crippen LogP contribution in [-0.2, 0) is 16.1 Å². The Hall–Kier alpha value is -2.48. The van der Waals surface area contributed by atoms with E-state index in [-0.39, 0.29) is 37.0 Å². The highest BCUT2D eigenvalue weighted by molar-refractivity contribution is 6.01. The minimum atomic E-state index is -0.463. The Morgan fingerprint density at radius 1 is 1.18 bits per heavy atom. The van der Waals surface area contributed by atoms with Crippen LogP contribution in [0, 0.1) is 0 Å². The van der Waals surface area contributed by atoms with Crippen molar-refractivity contribution in [3.8, 4) is 0 Å². The Kier molecular flexibility index (Phi) is 5.57. The van der Waals surface area contributed by atoms with E-state index < -0.39 is 12.1 Å². The monoisotopic (exact) mass is 385 g/mol. The van der Waals surface area contributed by atoms with Gasteiger partial charge in [0.05, 0.1) is 18.3 Å². The summed E-state index contributed by atoms with van der Waals surface area (Å²) >= 11 is 0. The van der Waals surface area contributed by atoms with E-state index in [1.165, 1.54) is 4.90 Å². The number of amides is 4. The van der Waals surface area contributed by atoms with Crippen LogP contribution in [-0.4, -0.2) is 63.8 Å². The van der Waals surface area contributed by atoms with Crippen LogP contribution in [0.5, 0.6) is 0 Å². The highest BCUT2D eigenvalue weighted by Crippen LogP contribution is 2.26. The van der Waals surface area contributed by atoms with Gasteiger partial charge in [-0.3, -0.25) is 19.5 Å². The molecule has 2 aliphatic heterocycles. The SMILES string of the molecule is O=C(CN1C(=O)N(Cc2ccccn2)C(=O)C2NCCCC21)NC1CCCC1. The molecule has 1 aliphatic carbocycles. The first-order valence-corrected chi connectivity index (χ1v) is 10.2. The third-order valence-electron chi connectivity index (χ3n) is 5.92. The molecule has 3 heterocycles. The van der Waals surface area contributed by atoms with Crippen molar-refractivity contribution >= 4 is 17.8 Å². The number of carbonyl (C=O) groups is 3. The maximum atomic E-state index is 13.2. The van der Waals surface area contributed by atoms with Crippen molar-refractivity contribution in [2.75, 3.05) is 13.1 Å². The van der Waals surface area contributed by atoms with Gasteiger partial charge in [0.15, 0.2) is 0 Å². The summed E-state index contributed by atoms with van der Waals surface area (Å²) in [5.74, 6) is -0.371. The normalized spacial score (nSPS) is 25.7. The van der Waals surface area contributed by atoms with Crippen LogP contribution in [0.25, 0.3) is 0 Å². The highest BCUT2D eigenvalue weighted by Gasteiger charge is 2.47. The quantitative estimate of drug-likeness (QED) is 0.789. The van der Waals surface area contributed by atoms with Crippen molar-refractivity contribution in [1.29, 1.82) is 0 Å². The van der Waals surface area contributed by atoms with E-state index in [4.69, 9.17) is 0 Å². The molecule has 2 unspecified atom stereocenters. The van der Waals surface area contributed by atoms with Gasteiger partial charge in [-0.1, -0.05) is 18.9 Å². The number of nitrogens with zero attached hydrogens (tertiary/aromatic N) is 3. The van der Waals surface area contributed by atoms with Crippen molar-refractivity contribution in [2.45, 2.75) is 63.2 Å². The molecule has 8 heteroatoms. The zero-order chi connectivity index (χ0) is 19.5. The van der Waals surface area contributed by atoms with Crippen molar-refractivity contribution in [1.82, 2.24) is 25.4 Å². The Labute approximate surface area is 164 Å². The number of hydrogen-bond donors (Lipinski definition) is 2. The van der Waals surface area contributed by atoms with Crippen molar-refractivity contribution < 1.29 is 14.4 Å². The molecule has 4 rings (SSSR count). The smallest absolute Gasteiger partial charge is 0.327 e. The van der Waals surface area contributed by atoms with Gasteiger partial charge < -0.3 is 15.5 Å². The molecule has 1 aromatic rings. The molecule has 0 spiro atoms. The number of piperidine rings is 1. The first kappa shape index (κ1) is 18.9. The Morgan fingerprint density at radius 2 is 2.00 bits per heavy atom. The molecule has 3 aliphatic rings. The summed E-state index contributed by atoms with van der Waals surface area (Å²) in [6, 6.07) is 4.48. The van der Waals surface area contributed by atoms with Crippen molar-refractivity contribution in [3.05, 3.63) is 30.1 Å². The van der Waals surface area contributed by atoms with Crippen molar-refractivity contribution in [2.24, 2.45) is 0 Å². The molecule has 150 valence electrons. The minimum absolute atomic E-state index is 0.00974. The van der Waals surface area contributed by atoms with Gasteiger partial charge in [0.25, 0.3) is 0 Å². The lowest BCUT2D eigenvalue weighted by Gasteiger charge is -2.46. The third-order valence-corrected chi connectivity index (χ3v) is 5.92. The molecule has 28 heavy (non-hydrogen) atoms. The lowest BCUT2D eigenvalue weighted by Crippen LogP contribution is -2.70. The molecule has 2 N–H and O–H groups in total. The molecule has 0 aromatic carbocycles. The van der Waals surface area contributed by atoms with Gasteiger partial charge in [-0.25, -0.2) is 4.79 Å². The standard InChI is InChI=1S/C20H27N5O3/c26-17(23-14-6-1-2-7-14)13-24-16-9-5-11-22-18(16)19(27)25(20(24)28)12-15-8-3-4-10-21-15/h3-4,8,10,14,16,18,22H,1-2,5-7,9,11-13H2,(H,23,26). The van der Waals surface area contributed by atoms with Crippen LogP contribution in [0.2, 0.25) is 0 Å². The molecule has 4 amide bonds. The van der Waals surface area contributed by atoms with Gasteiger partial charge in [0.1, 0.15) is 12.6 Å². The van der Waals surface area contributed by atoms with Gasteiger partial charge in [0.2, 0.25) is 11.8 Å². The zero-order valence-electron chi connectivity index (χ0n) is 16.0. The molecule has 1 aromatic heterocycles. The van der Waals surface area contributed by atoms with Gasteiger partial charge >= 0.3 is 6.03 Å². The van der Waals surface area contributed by atoms with E-state index in [1.807, 2.05) is 6.07 Å². The predicted molar refractivity (Wildman–Crippen MR) is 102 cm³/mol. The summed E-state index contributed by atoms with van der Waals surface area (Å²) in [6.45, 7) is 0.842. The second-order valence-corrected chi connectivity index (χ2v) is 7.85. The number of nitrogens with one attached hydrogen (secondary N) is 2. The van der Waals surface area contributed by atoms with Gasteiger partial charge in [-0.05, 0) is 44.4 Å². The second kappa shape index (κ2) is 8.26. The Morgan fingerprint density at radius 3 is 2.75 bits per heavy atom. The molecule has 8 nitrogen and oxygen atoms in total. The van der Waals surface area contributed by atoms with E-state index in [1.54, 1.807) is 23.2 Å². The van der Waals surface area contributed by atoms with E-state index in [2.05, 4.69) is 15.6 Å². The van der Waals surface area contributed by atoms with Crippen LogP contribution < -0.4 is 10.6 Å². The molecular formula is C20H27N5O3. The average molecular weight is 385 g/mol. The fraction of sp³-hybridized carbons (Fsp3) is 0.600. The number of imide groups is 1. The lowest BCUT2D eigenvalue weighted by molar-refractivity contribution is -0.139. The lowest BCUT2D eigenvalue weighted by atomic mass is 9.93. The molecular weight excluding hydrogens is 358 g/mol. The summed E-state index contributed by atoms with van der Waals surface area (Å²) in [5, 5.41) is 6.30. The molecule has 2 saturated heterocycles. The first-order valence-electron chi connectivity index (χ1n) is 10.2. The number of aromatic nitrogens is 1. The molecule has 3 fully saturated rings. The maximum Gasteiger partial charge on any atom is 0.327 e. The summed E-state index contributed by atoms with van der Waals surface area (Å²) < 4.78 is 0. The van der Waals surface area contributed by atoms with E-state index in [0.29, 0.717) is 5.69 Å². The number of rotatable bonds is 5. The maximum absolute atomic E-state index is 13.2. The van der Waals surface area contributed by atoms with Crippen molar-refractivity contribution in [3.63, 3.8) is 0 Å². The number of carbonyl (C=O) groups excluding carboxylic acids is 3. The zero-order valence-corrected chi connectivity index (χ0v) is 16.0. The summed E-state index contributed by atoms with van der Waals surface area (Å²) in [4.78, 5) is 45.8. The fourth-order valence-electron chi connectivity index (χ4n) is 4.50. The molecule has 2 atom stereocenters. The summed E-state index contributed by atoms with van der Waals surface area (Å²) in [5.41, 5.74) is 0.647. The van der Waals surface area contributed by atoms with Crippen LogP contribution in [0.4, 0.5) is 4.79 Å². The number of pyridine rings is 1. The topological polar surface area (TPSA) is 94.6 Å². The number of urea groups is 1. The Balaban J connectivity index is 1.51. The van der Waals surface area contributed by atoms with E-state index in [0.717, 1.165) is 45.1 Å². The first-order chi connectivity index (χ1) is 13.6. The van der Waals surface area contributed by atoms with Gasteiger partial charge in [-0.15, -0.1) is 0 Å². The molecule has 1 saturated carbocycles. The summed E-state index contributed by atoms with van der Waals surface area (Å²) in [6.07, 6.45) is 7.51. The van der Waals surface area contributed by atoms with Gasteiger partial charge in [0, 0.05) is 12.2 Å². The third kappa shape index (κ3) is 3.87. The van der Waals surface area contributed by atoms with Gasteiger partial charge in [-0.2, -0.15) is 0 Å². The van der Waals surface area contributed by atoms with E-state index >= 15 is 0 Å². The average Bonchev–Trinajstić information content (AvgIpc) is 3.22. The van der Waals surface area contributed by atoms with Crippen LogP contribution in [0.3, 0.4) is 0 Å². The Bertz CT molecular complexity index is 735. The second-order valence-electron chi connectivity index (χ2n) is 7.85. The predicted octanol–water partition coefficient (Wildman–Crippen LogP) is 1.03. The molecule has 0 bridgehead atoms. The van der Waals surface area contributed by atoms with E-state index in [9.17, 15) is 14.4 Å². The minimum Gasteiger partial charge on any atom is -0.352 e. The van der Waals surface area contributed by atoms with Crippen LogP contribution in [0.15, 0.2) is 24.4 Å². The number of fused-ring (bicyclic) bond motifs is 1. The largest absolute Gasteiger partial charge is 0.352 e. The fourth-order valence-corrected chi connectivity index (χ4v) is 4.50. The summed E-state index contributed by atoms with van der Waals surface area (Å²) in [7, 11) is 0. The number of hydrogen-bond acceptors (Lipinski definition) is 5. The molecule has 0 radical (unpaired) electrons. The highest BCUT2D eigenvalue weighted by atomic mass is 16.2. The van der Waals surface area contributed by atoms with Crippen LogP contribution in [0.1, 0.15) is 44.2 Å².